The van der Waals surface area contributed by atoms with Crippen LogP contribution >= 0.6 is 11.6 Å². The van der Waals surface area contributed by atoms with Gasteiger partial charge in [0.2, 0.25) is 0 Å². The Morgan fingerprint density at radius 3 is 2.41 bits per heavy atom. The molecule has 1 fully saturated rings. The molecule has 0 saturated heterocycles. The van der Waals surface area contributed by atoms with Gasteiger partial charge >= 0.3 is 0 Å². The third kappa shape index (κ3) is 2.31. The number of benzene rings is 1. The van der Waals surface area contributed by atoms with Gasteiger partial charge in [0, 0.05) is 5.02 Å². The standard InChI is InChI=1S/C13H16ClNO2/c1-17-15-12(16)13(8-2-3-9-13)10-4-6-11(14)7-5-10/h4-7H,2-3,8-9H2,1H3,(H,15,16). The van der Waals surface area contributed by atoms with Gasteiger partial charge in [0.25, 0.3) is 5.91 Å². The predicted molar refractivity (Wildman–Crippen MR) is 66.7 cm³/mol. The number of hydrogen-bond acceptors (Lipinski definition) is 2. The summed E-state index contributed by atoms with van der Waals surface area (Å²) in [4.78, 5) is 16.9. The van der Waals surface area contributed by atoms with E-state index in [0.717, 1.165) is 31.2 Å². The van der Waals surface area contributed by atoms with Crippen molar-refractivity contribution in [2.75, 3.05) is 7.11 Å². The van der Waals surface area contributed by atoms with Crippen LogP contribution in [0.2, 0.25) is 5.02 Å². The molecule has 0 atom stereocenters. The topological polar surface area (TPSA) is 38.3 Å². The quantitative estimate of drug-likeness (QED) is 0.842. The number of halogens is 1. The Morgan fingerprint density at radius 1 is 1.29 bits per heavy atom. The Bertz CT molecular complexity index is 396. The highest BCUT2D eigenvalue weighted by molar-refractivity contribution is 6.30. The van der Waals surface area contributed by atoms with E-state index in [1.54, 1.807) is 0 Å². The number of carbonyl (C=O) groups excluding carboxylic acids is 1. The van der Waals surface area contributed by atoms with E-state index >= 15 is 0 Å². The minimum Gasteiger partial charge on any atom is -0.277 e. The van der Waals surface area contributed by atoms with Crippen molar-refractivity contribution >= 4 is 17.5 Å². The van der Waals surface area contributed by atoms with Crippen LogP contribution in [0, 0.1) is 0 Å². The second kappa shape index (κ2) is 5.07. The molecule has 92 valence electrons. The van der Waals surface area contributed by atoms with Crippen LogP contribution in [0.3, 0.4) is 0 Å². The molecule has 0 unspecified atom stereocenters. The Kier molecular flexibility index (Phi) is 3.69. The second-order valence-electron chi connectivity index (χ2n) is 4.43. The molecule has 0 radical (unpaired) electrons. The van der Waals surface area contributed by atoms with Gasteiger partial charge in [-0.1, -0.05) is 36.6 Å². The van der Waals surface area contributed by atoms with Gasteiger partial charge in [0.1, 0.15) is 0 Å². The van der Waals surface area contributed by atoms with Crippen molar-refractivity contribution in [3.8, 4) is 0 Å². The summed E-state index contributed by atoms with van der Waals surface area (Å²) in [5.41, 5.74) is 3.05. The van der Waals surface area contributed by atoms with Crippen LogP contribution in [0.4, 0.5) is 0 Å². The molecular weight excluding hydrogens is 238 g/mol. The molecule has 0 aliphatic heterocycles. The molecule has 1 aromatic rings. The van der Waals surface area contributed by atoms with Crippen LogP contribution < -0.4 is 5.48 Å². The van der Waals surface area contributed by atoms with E-state index in [1.807, 2.05) is 24.3 Å². The molecule has 1 aromatic carbocycles. The molecule has 0 heterocycles. The number of nitrogens with one attached hydrogen (secondary N) is 1. The number of carbonyl (C=O) groups is 1. The van der Waals surface area contributed by atoms with Gasteiger partial charge in [0.15, 0.2) is 0 Å². The Morgan fingerprint density at radius 2 is 1.88 bits per heavy atom. The number of hydroxylamine groups is 1. The largest absolute Gasteiger partial charge is 0.277 e. The Balaban J connectivity index is 2.34. The molecule has 3 nitrogen and oxygen atoms in total. The lowest BCUT2D eigenvalue weighted by Crippen LogP contribution is -2.42. The minimum atomic E-state index is -0.444. The van der Waals surface area contributed by atoms with Crippen LogP contribution in [0.25, 0.3) is 0 Å². The molecule has 1 N–H and O–H groups in total. The molecule has 17 heavy (non-hydrogen) atoms. The molecule has 1 amide bonds. The van der Waals surface area contributed by atoms with E-state index in [9.17, 15) is 4.79 Å². The fraction of sp³-hybridized carbons (Fsp3) is 0.462. The van der Waals surface area contributed by atoms with Gasteiger partial charge in [-0.15, -0.1) is 0 Å². The Hall–Kier alpha value is -1.06. The molecule has 4 heteroatoms. The first-order valence-electron chi connectivity index (χ1n) is 5.78. The fourth-order valence-corrected chi connectivity index (χ4v) is 2.71. The van der Waals surface area contributed by atoms with Crippen LogP contribution in [-0.4, -0.2) is 13.0 Å². The summed E-state index contributed by atoms with van der Waals surface area (Å²) >= 11 is 5.88. The first kappa shape index (κ1) is 12.4. The van der Waals surface area contributed by atoms with E-state index in [4.69, 9.17) is 16.4 Å². The molecule has 0 spiro atoms. The average molecular weight is 254 g/mol. The third-order valence-electron chi connectivity index (χ3n) is 3.48. The summed E-state index contributed by atoms with van der Waals surface area (Å²) in [5, 5.41) is 0.689. The smallest absolute Gasteiger partial charge is 0.254 e. The van der Waals surface area contributed by atoms with Crippen molar-refractivity contribution in [2.45, 2.75) is 31.1 Å². The van der Waals surface area contributed by atoms with E-state index in [0.29, 0.717) is 5.02 Å². The molecule has 0 bridgehead atoms. The lowest BCUT2D eigenvalue weighted by Gasteiger charge is -2.27. The molecule has 0 aromatic heterocycles. The Labute approximate surface area is 106 Å². The molecule has 1 saturated carbocycles. The number of rotatable bonds is 3. The predicted octanol–water partition coefficient (Wildman–Crippen LogP) is 2.83. The monoisotopic (exact) mass is 253 g/mol. The number of amides is 1. The van der Waals surface area contributed by atoms with E-state index in [2.05, 4.69) is 5.48 Å². The SMILES string of the molecule is CONC(=O)C1(c2ccc(Cl)cc2)CCCC1. The van der Waals surface area contributed by atoms with Crippen molar-refractivity contribution in [1.29, 1.82) is 0 Å². The molecular formula is C13H16ClNO2. The fourth-order valence-electron chi connectivity index (χ4n) is 2.58. The van der Waals surface area contributed by atoms with Crippen LogP contribution in [-0.2, 0) is 15.0 Å². The lowest BCUT2D eigenvalue weighted by molar-refractivity contribution is -0.137. The maximum Gasteiger partial charge on any atom is 0.254 e. The van der Waals surface area contributed by atoms with Gasteiger partial charge in [-0.2, -0.15) is 0 Å². The summed E-state index contributed by atoms with van der Waals surface area (Å²) in [6, 6.07) is 7.53. The van der Waals surface area contributed by atoms with Gasteiger partial charge in [-0.25, -0.2) is 5.48 Å². The van der Waals surface area contributed by atoms with Crippen molar-refractivity contribution in [3.63, 3.8) is 0 Å². The maximum atomic E-state index is 12.2. The summed E-state index contributed by atoms with van der Waals surface area (Å²) in [5.74, 6) is -0.0557. The summed E-state index contributed by atoms with van der Waals surface area (Å²) < 4.78 is 0. The summed E-state index contributed by atoms with van der Waals surface area (Å²) in [6.45, 7) is 0. The van der Waals surface area contributed by atoms with Gasteiger partial charge < -0.3 is 0 Å². The second-order valence-corrected chi connectivity index (χ2v) is 4.87. The van der Waals surface area contributed by atoms with Crippen molar-refractivity contribution in [1.82, 2.24) is 5.48 Å². The minimum absolute atomic E-state index is 0.0557. The first-order chi connectivity index (χ1) is 8.19. The lowest BCUT2D eigenvalue weighted by atomic mass is 9.78. The maximum absolute atomic E-state index is 12.2. The van der Waals surface area contributed by atoms with E-state index in [-0.39, 0.29) is 5.91 Å². The zero-order valence-electron chi connectivity index (χ0n) is 9.83. The first-order valence-corrected chi connectivity index (χ1v) is 6.16. The molecule has 1 aliphatic rings. The molecule has 2 rings (SSSR count). The normalized spacial score (nSPS) is 18.0. The summed E-state index contributed by atoms with van der Waals surface area (Å²) in [7, 11) is 1.46. The van der Waals surface area contributed by atoms with Crippen LogP contribution in [0.15, 0.2) is 24.3 Å². The highest BCUT2D eigenvalue weighted by Crippen LogP contribution is 2.41. The van der Waals surface area contributed by atoms with Crippen LogP contribution in [0.1, 0.15) is 31.2 Å². The van der Waals surface area contributed by atoms with Crippen molar-refractivity contribution in [3.05, 3.63) is 34.9 Å². The van der Waals surface area contributed by atoms with Crippen molar-refractivity contribution < 1.29 is 9.63 Å². The highest BCUT2D eigenvalue weighted by atomic mass is 35.5. The van der Waals surface area contributed by atoms with Gasteiger partial charge in [0.05, 0.1) is 12.5 Å². The van der Waals surface area contributed by atoms with Crippen LogP contribution in [0.5, 0.6) is 0 Å². The highest BCUT2D eigenvalue weighted by Gasteiger charge is 2.42. The zero-order valence-corrected chi connectivity index (χ0v) is 10.6. The zero-order chi connectivity index (χ0) is 12.3. The van der Waals surface area contributed by atoms with Gasteiger partial charge in [-0.05, 0) is 30.5 Å². The summed E-state index contributed by atoms with van der Waals surface area (Å²) in [6.07, 6.45) is 3.87. The average Bonchev–Trinajstić information content (AvgIpc) is 2.81. The number of hydrogen-bond donors (Lipinski definition) is 1. The van der Waals surface area contributed by atoms with E-state index < -0.39 is 5.41 Å². The molecule has 1 aliphatic carbocycles. The third-order valence-corrected chi connectivity index (χ3v) is 3.74. The van der Waals surface area contributed by atoms with Crippen molar-refractivity contribution in [2.24, 2.45) is 0 Å². The van der Waals surface area contributed by atoms with Gasteiger partial charge in [-0.3, -0.25) is 9.63 Å². The van der Waals surface area contributed by atoms with E-state index in [1.165, 1.54) is 7.11 Å².